The molecule has 0 bridgehead atoms. The Morgan fingerprint density at radius 1 is 1.33 bits per heavy atom. The average Bonchev–Trinajstić information content (AvgIpc) is 2.35. The summed E-state index contributed by atoms with van der Waals surface area (Å²) >= 11 is 13.1. The Morgan fingerprint density at radius 2 is 1.94 bits per heavy atom. The van der Waals surface area contributed by atoms with Gasteiger partial charge in [-0.1, -0.05) is 29.3 Å². The van der Waals surface area contributed by atoms with E-state index < -0.39 is 5.97 Å². The van der Waals surface area contributed by atoms with Crippen molar-refractivity contribution >= 4 is 46.8 Å². The molecule has 0 fully saturated rings. The number of nitrogens with one attached hydrogen (secondary N) is 1. The maximum absolute atomic E-state index is 11.4. The van der Waals surface area contributed by atoms with Gasteiger partial charge in [0.2, 0.25) is 5.91 Å². The molecule has 0 unspecified atom stereocenters. The number of thioether (sulfide) groups is 1. The Morgan fingerprint density at radius 3 is 2.50 bits per heavy atom. The number of methoxy groups -OCH3 is 1. The standard InChI is InChI=1S/C11H11Cl2NO3S/c1-17-10(16)5-14-9(15)6-18-11-7(12)3-2-4-8(11)13/h2-4H,5-6H2,1H3,(H,14,15). The van der Waals surface area contributed by atoms with Crippen molar-refractivity contribution < 1.29 is 14.3 Å². The van der Waals surface area contributed by atoms with Crippen LogP contribution in [0.25, 0.3) is 0 Å². The molecule has 18 heavy (non-hydrogen) atoms. The quantitative estimate of drug-likeness (QED) is 0.670. The van der Waals surface area contributed by atoms with Crippen molar-refractivity contribution in [3.05, 3.63) is 28.2 Å². The minimum absolute atomic E-state index is 0.125. The van der Waals surface area contributed by atoms with Gasteiger partial charge in [-0.25, -0.2) is 0 Å². The summed E-state index contributed by atoms with van der Waals surface area (Å²) in [5.74, 6) is -0.661. The number of amides is 1. The second kappa shape index (κ2) is 7.51. The summed E-state index contributed by atoms with van der Waals surface area (Å²) in [4.78, 5) is 22.9. The maximum Gasteiger partial charge on any atom is 0.325 e. The van der Waals surface area contributed by atoms with E-state index in [2.05, 4.69) is 10.1 Å². The first-order valence-corrected chi connectivity index (χ1v) is 6.69. The Hall–Kier alpha value is -0.910. The van der Waals surface area contributed by atoms with Crippen molar-refractivity contribution in [2.75, 3.05) is 19.4 Å². The number of ether oxygens (including phenoxy) is 1. The zero-order valence-electron chi connectivity index (χ0n) is 9.54. The van der Waals surface area contributed by atoms with Crippen molar-refractivity contribution in [2.45, 2.75) is 4.90 Å². The Labute approximate surface area is 119 Å². The first kappa shape index (κ1) is 15.1. The van der Waals surface area contributed by atoms with Crippen LogP contribution in [-0.2, 0) is 14.3 Å². The minimum Gasteiger partial charge on any atom is -0.468 e. The van der Waals surface area contributed by atoms with Crippen LogP contribution < -0.4 is 5.32 Å². The minimum atomic E-state index is -0.496. The largest absolute Gasteiger partial charge is 0.468 e. The van der Waals surface area contributed by atoms with E-state index in [1.165, 1.54) is 18.9 Å². The van der Waals surface area contributed by atoms with Crippen LogP contribution in [0.4, 0.5) is 0 Å². The van der Waals surface area contributed by atoms with Gasteiger partial charge in [-0.05, 0) is 12.1 Å². The predicted octanol–water partition coefficient (Wildman–Crippen LogP) is 2.37. The fraction of sp³-hybridized carbons (Fsp3) is 0.273. The number of hydrogen-bond acceptors (Lipinski definition) is 4. The first-order chi connectivity index (χ1) is 8.54. The van der Waals surface area contributed by atoms with E-state index in [9.17, 15) is 9.59 Å². The van der Waals surface area contributed by atoms with Crippen LogP contribution in [0.3, 0.4) is 0 Å². The fourth-order valence-corrected chi connectivity index (χ4v) is 2.57. The van der Waals surface area contributed by atoms with E-state index in [4.69, 9.17) is 23.2 Å². The second-order valence-electron chi connectivity index (χ2n) is 3.19. The van der Waals surface area contributed by atoms with E-state index in [1.54, 1.807) is 18.2 Å². The molecule has 7 heteroatoms. The molecule has 0 aliphatic heterocycles. The highest BCUT2D eigenvalue weighted by atomic mass is 35.5. The highest BCUT2D eigenvalue weighted by Crippen LogP contribution is 2.33. The van der Waals surface area contributed by atoms with Gasteiger partial charge in [-0.3, -0.25) is 9.59 Å². The van der Waals surface area contributed by atoms with E-state index in [0.29, 0.717) is 14.9 Å². The third kappa shape index (κ3) is 4.76. The number of hydrogen-bond donors (Lipinski definition) is 1. The highest BCUT2D eigenvalue weighted by Gasteiger charge is 2.10. The molecule has 0 spiro atoms. The summed E-state index contributed by atoms with van der Waals surface area (Å²) in [6, 6.07) is 5.12. The number of benzene rings is 1. The lowest BCUT2D eigenvalue weighted by atomic mass is 10.4. The fourth-order valence-electron chi connectivity index (χ4n) is 1.05. The molecule has 0 saturated carbocycles. The second-order valence-corrected chi connectivity index (χ2v) is 4.99. The van der Waals surface area contributed by atoms with Crippen LogP contribution in [0, 0.1) is 0 Å². The van der Waals surface area contributed by atoms with Crippen molar-refractivity contribution in [1.29, 1.82) is 0 Å². The molecule has 1 aromatic carbocycles. The normalized spacial score (nSPS) is 9.94. The molecule has 0 aromatic heterocycles. The summed E-state index contributed by atoms with van der Waals surface area (Å²) in [5, 5.41) is 3.41. The number of halogens is 2. The van der Waals surface area contributed by atoms with Crippen molar-refractivity contribution in [1.82, 2.24) is 5.32 Å². The molecule has 0 aliphatic carbocycles. The van der Waals surface area contributed by atoms with E-state index in [1.807, 2.05) is 0 Å². The Balaban J connectivity index is 2.45. The summed E-state index contributed by atoms with van der Waals surface area (Å²) in [6.45, 7) is -0.147. The lowest BCUT2D eigenvalue weighted by Gasteiger charge is -2.06. The van der Waals surface area contributed by atoms with Gasteiger partial charge in [-0.15, -0.1) is 11.8 Å². The molecule has 1 N–H and O–H groups in total. The average molecular weight is 308 g/mol. The SMILES string of the molecule is COC(=O)CNC(=O)CSc1c(Cl)cccc1Cl. The van der Waals surface area contributed by atoms with E-state index in [0.717, 1.165) is 0 Å². The molecule has 0 saturated heterocycles. The lowest BCUT2D eigenvalue weighted by molar-refractivity contribution is -0.140. The molecule has 1 rings (SSSR count). The Kier molecular flexibility index (Phi) is 6.32. The van der Waals surface area contributed by atoms with Crippen molar-refractivity contribution in [2.24, 2.45) is 0 Å². The van der Waals surface area contributed by atoms with Crippen LogP contribution in [0.5, 0.6) is 0 Å². The third-order valence-corrected chi connectivity index (χ3v) is 3.91. The number of rotatable bonds is 5. The monoisotopic (exact) mass is 307 g/mol. The van der Waals surface area contributed by atoms with Gasteiger partial charge in [0.05, 0.1) is 22.9 Å². The molecular formula is C11H11Cl2NO3S. The van der Waals surface area contributed by atoms with Gasteiger partial charge in [0, 0.05) is 4.90 Å². The summed E-state index contributed by atoms with van der Waals surface area (Å²) < 4.78 is 4.40. The van der Waals surface area contributed by atoms with E-state index >= 15 is 0 Å². The zero-order valence-corrected chi connectivity index (χ0v) is 11.9. The van der Waals surface area contributed by atoms with Gasteiger partial charge in [-0.2, -0.15) is 0 Å². The molecule has 0 atom stereocenters. The zero-order chi connectivity index (χ0) is 13.5. The van der Waals surface area contributed by atoms with Crippen LogP contribution >= 0.6 is 35.0 Å². The third-order valence-electron chi connectivity index (χ3n) is 1.92. The van der Waals surface area contributed by atoms with Crippen LogP contribution in [0.15, 0.2) is 23.1 Å². The van der Waals surface area contributed by atoms with Crippen molar-refractivity contribution in [3.8, 4) is 0 Å². The summed E-state index contributed by atoms with van der Waals surface area (Å²) in [7, 11) is 1.26. The van der Waals surface area contributed by atoms with Gasteiger partial charge in [0.1, 0.15) is 6.54 Å². The molecule has 98 valence electrons. The smallest absolute Gasteiger partial charge is 0.325 e. The molecule has 1 amide bonds. The van der Waals surface area contributed by atoms with Gasteiger partial charge in [0.15, 0.2) is 0 Å². The molecule has 0 heterocycles. The molecule has 0 aliphatic rings. The Bertz CT molecular complexity index is 434. The summed E-state index contributed by atoms with van der Waals surface area (Å²) in [5.41, 5.74) is 0. The summed E-state index contributed by atoms with van der Waals surface area (Å²) in [6.07, 6.45) is 0. The van der Waals surface area contributed by atoms with Gasteiger partial charge in [0.25, 0.3) is 0 Å². The topological polar surface area (TPSA) is 55.4 Å². The number of carbonyl (C=O) groups is 2. The van der Waals surface area contributed by atoms with Gasteiger partial charge >= 0.3 is 5.97 Å². The van der Waals surface area contributed by atoms with Crippen molar-refractivity contribution in [3.63, 3.8) is 0 Å². The van der Waals surface area contributed by atoms with E-state index in [-0.39, 0.29) is 18.2 Å². The maximum atomic E-state index is 11.4. The van der Waals surface area contributed by atoms with Gasteiger partial charge < -0.3 is 10.1 Å². The number of esters is 1. The first-order valence-electron chi connectivity index (χ1n) is 4.95. The molecule has 4 nitrogen and oxygen atoms in total. The van der Waals surface area contributed by atoms with Crippen LogP contribution in [0.2, 0.25) is 10.0 Å². The lowest BCUT2D eigenvalue weighted by Crippen LogP contribution is -2.31. The predicted molar refractivity (Wildman–Crippen MR) is 72.2 cm³/mol. The molecule has 0 radical (unpaired) electrons. The van der Waals surface area contributed by atoms with Crippen LogP contribution in [0.1, 0.15) is 0 Å². The number of carbonyl (C=O) groups excluding carboxylic acids is 2. The highest BCUT2D eigenvalue weighted by molar-refractivity contribution is 8.00. The van der Waals surface area contributed by atoms with Crippen LogP contribution in [-0.4, -0.2) is 31.3 Å². The molecule has 1 aromatic rings. The molecular weight excluding hydrogens is 297 g/mol.